The summed E-state index contributed by atoms with van der Waals surface area (Å²) in [6.07, 6.45) is 4.60. The van der Waals surface area contributed by atoms with Crippen molar-refractivity contribution >= 4 is 0 Å². The quantitative estimate of drug-likeness (QED) is 0.691. The fourth-order valence-electron chi connectivity index (χ4n) is 1.72. The summed E-state index contributed by atoms with van der Waals surface area (Å²) in [7, 11) is 0. The lowest BCUT2D eigenvalue weighted by Crippen LogP contribution is -2.10. The summed E-state index contributed by atoms with van der Waals surface area (Å²) in [5.41, 5.74) is 2.27. The van der Waals surface area contributed by atoms with Gasteiger partial charge in [-0.25, -0.2) is 0 Å². The molecular formula is C15H22O. The maximum absolute atomic E-state index is 9.91. The van der Waals surface area contributed by atoms with Crippen LogP contribution in [0.5, 0.6) is 0 Å². The fourth-order valence-corrected chi connectivity index (χ4v) is 1.72. The largest absolute Gasteiger partial charge is 0.389 e. The summed E-state index contributed by atoms with van der Waals surface area (Å²) in [5.74, 6) is 0. The van der Waals surface area contributed by atoms with Crippen LogP contribution in [-0.2, 0) is 6.42 Å². The molecule has 1 rings (SSSR count). The second-order valence-corrected chi connectivity index (χ2v) is 4.30. The third-order valence-corrected chi connectivity index (χ3v) is 2.87. The Kier molecular flexibility index (Phi) is 5.87. The lowest BCUT2D eigenvalue weighted by molar-refractivity contribution is 0.196. The molecule has 0 saturated heterocycles. The standard InChI is InChI=1S/C15H22O/c1-3-4-8-13(2)15(16)12-11-14-9-6-5-7-10-14/h5-7,9-10,15-16H,2-4,8,11-12H2,1H3/t15-/m1/s1. The molecule has 1 nitrogen and oxygen atoms in total. The van der Waals surface area contributed by atoms with E-state index in [9.17, 15) is 5.11 Å². The number of hydrogen-bond acceptors (Lipinski definition) is 1. The third kappa shape index (κ3) is 4.63. The number of unbranched alkanes of at least 4 members (excludes halogenated alkanes) is 1. The molecular weight excluding hydrogens is 196 g/mol. The number of benzene rings is 1. The second kappa shape index (κ2) is 7.24. The minimum atomic E-state index is -0.341. The molecule has 0 bridgehead atoms. The highest BCUT2D eigenvalue weighted by Gasteiger charge is 2.08. The molecule has 16 heavy (non-hydrogen) atoms. The molecule has 0 heterocycles. The Bertz CT molecular complexity index is 302. The van der Waals surface area contributed by atoms with E-state index in [-0.39, 0.29) is 6.10 Å². The molecule has 1 heteroatoms. The van der Waals surface area contributed by atoms with Crippen LogP contribution in [0.4, 0.5) is 0 Å². The van der Waals surface area contributed by atoms with Gasteiger partial charge in [0.15, 0.2) is 0 Å². The molecule has 0 aliphatic heterocycles. The lowest BCUT2D eigenvalue weighted by atomic mass is 9.99. The van der Waals surface area contributed by atoms with Crippen molar-refractivity contribution in [3.05, 3.63) is 48.0 Å². The van der Waals surface area contributed by atoms with E-state index in [4.69, 9.17) is 0 Å². The number of hydrogen-bond donors (Lipinski definition) is 1. The highest BCUT2D eigenvalue weighted by atomic mass is 16.3. The Morgan fingerprint density at radius 3 is 2.62 bits per heavy atom. The zero-order valence-electron chi connectivity index (χ0n) is 10.2. The molecule has 0 fully saturated rings. The normalized spacial score (nSPS) is 12.4. The van der Waals surface area contributed by atoms with E-state index in [1.165, 1.54) is 5.56 Å². The van der Waals surface area contributed by atoms with Crippen molar-refractivity contribution in [2.75, 3.05) is 0 Å². The Morgan fingerprint density at radius 1 is 1.31 bits per heavy atom. The van der Waals surface area contributed by atoms with Crippen molar-refractivity contribution < 1.29 is 5.11 Å². The highest BCUT2D eigenvalue weighted by Crippen LogP contribution is 2.14. The van der Waals surface area contributed by atoms with Crippen LogP contribution in [0.2, 0.25) is 0 Å². The van der Waals surface area contributed by atoms with Gasteiger partial charge in [-0.15, -0.1) is 0 Å². The smallest absolute Gasteiger partial charge is 0.0750 e. The minimum absolute atomic E-state index is 0.341. The van der Waals surface area contributed by atoms with E-state index in [1.807, 2.05) is 18.2 Å². The van der Waals surface area contributed by atoms with Gasteiger partial charge in [-0.2, -0.15) is 0 Å². The molecule has 0 radical (unpaired) electrons. The summed E-state index contributed by atoms with van der Waals surface area (Å²) >= 11 is 0. The fraction of sp³-hybridized carbons (Fsp3) is 0.467. The first-order chi connectivity index (χ1) is 7.74. The van der Waals surface area contributed by atoms with Gasteiger partial charge in [-0.3, -0.25) is 0 Å². The topological polar surface area (TPSA) is 20.2 Å². The summed E-state index contributed by atoms with van der Waals surface area (Å²) in [6, 6.07) is 10.3. The molecule has 0 aliphatic rings. The van der Waals surface area contributed by atoms with Crippen LogP contribution < -0.4 is 0 Å². The number of aryl methyl sites for hydroxylation is 1. The van der Waals surface area contributed by atoms with Gasteiger partial charge >= 0.3 is 0 Å². The average Bonchev–Trinajstić information content (AvgIpc) is 2.34. The zero-order chi connectivity index (χ0) is 11.8. The Balaban J connectivity index is 2.29. The average molecular weight is 218 g/mol. The SMILES string of the molecule is C=C(CCCC)[C@H](O)CCc1ccccc1. The lowest BCUT2D eigenvalue weighted by Gasteiger charge is -2.13. The van der Waals surface area contributed by atoms with E-state index < -0.39 is 0 Å². The van der Waals surface area contributed by atoms with E-state index in [2.05, 4.69) is 25.6 Å². The van der Waals surface area contributed by atoms with Crippen molar-refractivity contribution in [2.45, 2.75) is 45.1 Å². The highest BCUT2D eigenvalue weighted by molar-refractivity contribution is 5.15. The van der Waals surface area contributed by atoms with Gasteiger partial charge in [0.2, 0.25) is 0 Å². The van der Waals surface area contributed by atoms with Gasteiger partial charge in [0, 0.05) is 0 Å². The third-order valence-electron chi connectivity index (χ3n) is 2.87. The number of rotatable bonds is 7. The van der Waals surface area contributed by atoms with Crippen molar-refractivity contribution in [3.63, 3.8) is 0 Å². The van der Waals surface area contributed by atoms with Crippen LogP contribution in [-0.4, -0.2) is 11.2 Å². The van der Waals surface area contributed by atoms with E-state index in [0.29, 0.717) is 0 Å². The summed E-state index contributed by atoms with van der Waals surface area (Å²) < 4.78 is 0. The molecule has 0 amide bonds. The molecule has 0 spiro atoms. The Hall–Kier alpha value is -1.08. The monoisotopic (exact) mass is 218 g/mol. The van der Waals surface area contributed by atoms with E-state index in [0.717, 1.165) is 37.7 Å². The van der Waals surface area contributed by atoms with Gasteiger partial charge in [0.25, 0.3) is 0 Å². The maximum atomic E-state index is 9.91. The zero-order valence-corrected chi connectivity index (χ0v) is 10.2. The number of aliphatic hydroxyl groups is 1. The summed E-state index contributed by atoms with van der Waals surface area (Å²) in [4.78, 5) is 0. The summed E-state index contributed by atoms with van der Waals surface area (Å²) in [6.45, 7) is 6.11. The molecule has 1 atom stereocenters. The van der Waals surface area contributed by atoms with E-state index >= 15 is 0 Å². The van der Waals surface area contributed by atoms with Crippen LogP contribution in [0.15, 0.2) is 42.5 Å². The first kappa shape index (κ1) is 13.0. The van der Waals surface area contributed by atoms with Gasteiger partial charge < -0.3 is 5.11 Å². The molecule has 88 valence electrons. The van der Waals surface area contributed by atoms with Gasteiger partial charge in [-0.1, -0.05) is 50.3 Å². The first-order valence-electron chi connectivity index (χ1n) is 6.13. The van der Waals surface area contributed by atoms with Gasteiger partial charge in [0.1, 0.15) is 0 Å². The maximum Gasteiger partial charge on any atom is 0.0750 e. The molecule has 0 aromatic heterocycles. The molecule has 1 N–H and O–H groups in total. The van der Waals surface area contributed by atoms with Crippen LogP contribution >= 0.6 is 0 Å². The molecule has 1 aromatic rings. The van der Waals surface area contributed by atoms with Gasteiger partial charge in [-0.05, 0) is 36.8 Å². The van der Waals surface area contributed by atoms with Crippen molar-refractivity contribution in [3.8, 4) is 0 Å². The van der Waals surface area contributed by atoms with Crippen molar-refractivity contribution in [2.24, 2.45) is 0 Å². The summed E-state index contributed by atoms with van der Waals surface area (Å²) in [5, 5.41) is 9.91. The predicted molar refractivity (Wildman–Crippen MR) is 69.4 cm³/mol. The van der Waals surface area contributed by atoms with Crippen LogP contribution in [0.3, 0.4) is 0 Å². The van der Waals surface area contributed by atoms with Crippen molar-refractivity contribution in [1.29, 1.82) is 0 Å². The Labute approximate surface area is 98.8 Å². The predicted octanol–water partition coefficient (Wildman–Crippen LogP) is 3.73. The van der Waals surface area contributed by atoms with Gasteiger partial charge in [0.05, 0.1) is 6.10 Å². The Morgan fingerprint density at radius 2 is 2.00 bits per heavy atom. The second-order valence-electron chi connectivity index (χ2n) is 4.30. The molecule has 0 aliphatic carbocycles. The van der Waals surface area contributed by atoms with Crippen molar-refractivity contribution in [1.82, 2.24) is 0 Å². The molecule has 0 saturated carbocycles. The van der Waals surface area contributed by atoms with Crippen LogP contribution in [0.25, 0.3) is 0 Å². The molecule has 1 aromatic carbocycles. The first-order valence-corrected chi connectivity index (χ1v) is 6.13. The van der Waals surface area contributed by atoms with E-state index in [1.54, 1.807) is 0 Å². The van der Waals surface area contributed by atoms with Crippen LogP contribution in [0, 0.1) is 0 Å². The number of aliphatic hydroxyl groups excluding tert-OH is 1. The molecule has 0 unspecified atom stereocenters. The van der Waals surface area contributed by atoms with Crippen LogP contribution in [0.1, 0.15) is 38.2 Å². The minimum Gasteiger partial charge on any atom is -0.389 e.